The highest BCUT2D eigenvalue weighted by Gasteiger charge is 2.06. The van der Waals surface area contributed by atoms with Crippen molar-refractivity contribution < 1.29 is 9.47 Å². The van der Waals surface area contributed by atoms with Crippen LogP contribution in [-0.2, 0) is 11.3 Å². The molecule has 0 spiro atoms. The Morgan fingerprint density at radius 3 is 2.50 bits per heavy atom. The Kier molecular flexibility index (Phi) is 8.00. The monoisotopic (exact) mass is 277 g/mol. The molecular formula is C17H27NO2. The maximum absolute atomic E-state index is 5.88. The van der Waals surface area contributed by atoms with Crippen LogP contribution in [0.3, 0.4) is 0 Å². The van der Waals surface area contributed by atoms with E-state index in [0.717, 1.165) is 44.9 Å². The second-order valence-corrected chi connectivity index (χ2v) is 5.01. The number of nitrogens with one attached hydrogen (secondary N) is 1. The lowest BCUT2D eigenvalue weighted by atomic mass is 10.1. The van der Waals surface area contributed by atoms with Crippen molar-refractivity contribution in [1.82, 2.24) is 5.32 Å². The van der Waals surface area contributed by atoms with Gasteiger partial charge < -0.3 is 14.8 Å². The second-order valence-electron chi connectivity index (χ2n) is 5.01. The zero-order chi connectivity index (χ0) is 14.8. The molecule has 3 heteroatoms. The number of allylic oxidation sites excluding steroid dienone is 1. The largest absolute Gasteiger partial charge is 0.493 e. The molecular weight excluding hydrogens is 250 g/mol. The van der Waals surface area contributed by atoms with Gasteiger partial charge in [-0.15, -0.1) is 6.58 Å². The molecule has 0 heterocycles. The predicted octanol–water partition coefficient (Wildman–Crippen LogP) is 3.38. The second kappa shape index (κ2) is 9.56. The van der Waals surface area contributed by atoms with Gasteiger partial charge in [0.15, 0.2) is 0 Å². The molecule has 0 aromatic heterocycles. The van der Waals surface area contributed by atoms with Crippen molar-refractivity contribution in [2.24, 2.45) is 0 Å². The molecule has 0 amide bonds. The topological polar surface area (TPSA) is 30.5 Å². The normalized spacial score (nSPS) is 10.6. The van der Waals surface area contributed by atoms with Gasteiger partial charge in [-0.05, 0) is 43.4 Å². The van der Waals surface area contributed by atoms with Crippen LogP contribution in [0, 0.1) is 13.8 Å². The fraction of sp³-hybridized carbons (Fsp3) is 0.529. The Bertz CT molecular complexity index is 392. The van der Waals surface area contributed by atoms with Crippen molar-refractivity contribution in [3.63, 3.8) is 0 Å². The highest BCUT2D eigenvalue weighted by molar-refractivity contribution is 5.43. The first-order valence-corrected chi connectivity index (χ1v) is 7.22. The lowest BCUT2D eigenvalue weighted by molar-refractivity contribution is 0.199. The smallest absolute Gasteiger partial charge is 0.125 e. The SMILES string of the molecule is C=CCCCOc1c(C)cc(CNCCOC)cc1C. The van der Waals surface area contributed by atoms with Crippen molar-refractivity contribution >= 4 is 0 Å². The third-order valence-electron chi connectivity index (χ3n) is 3.13. The van der Waals surface area contributed by atoms with E-state index < -0.39 is 0 Å². The van der Waals surface area contributed by atoms with Gasteiger partial charge in [0.05, 0.1) is 13.2 Å². The number of benzene rings is 1. The number of ether oxygens (including phenoxy) is 2. The third kappa shape index (κ3) is 5.76. The van der Waals surface area contributed by atoms with Crippen molar-refractivity contribution in [2.45, 2.75) is 33.2 Å². The van der Waals surface area contributed by atoms with E-state index in [1.165, 1.54) is 16.7 Å². The summed E-state index contributed by atoms with van der Waals surface area (Å²) in [5.74, 6) is 1.02. The average molecular weight is 277 g/mol. The summed E-state index contributed by atoms with van der Waals surface area (Å²) in [5.41, 5.74) is 3.69. The van der Waals surface area contributed by atoms with Crippen molar-refractivity contribution in [2.75, 3.05) is 26.9 Å². The Labute approximate surface area is 123 Å². The first kappa shape index (κ1) is 16.7. The fourth-order valence-corrected chi connectivity index (χ4v) is 2.18. The van der Waals surface area contributed by atoms with Crippen molar-refractivity contribution in [3.05, 3.63) is 41.5 Å². The van der Waals surface area contributed by atoms with E-state index in [-0.39, 0.29) is 0 Å². The Morgan fingerprint density at radius 2 is 1.90 bits per heavy atom. The number of methoxy groups -OCH3 is 1. The van der Waals surface area contributed by atoms with Gasteiger partial charge in [0.1, 0.15) is 5.75 Å². The molecule has 0 atom stereocenters. The van der Waals surface area contributed by atoms with Gasteiger partial charge in [-0.3, -0.25) is 0 Å². The molecule has 0 aliphatic carbocycles. The summed E-state index contributed by atoms with van der Waals surface area (Å²) in [7, 11) is 1.72. The van der Waals surface area contributed by atoms with Crippen LogP contribution in [0.5, 0.6) is 5.75 Å². The molecule has 0 fully saturated rings. The number of aryl methyl sites for hydroxylation is 2. The summed E-state index contributed by atoms with van der Waals surface area (Å²) in [6.45, 7) is 11.2. The molecule has 0 saturated heterocycles. The minimum Gasteiger partial charge on any atom is -0.493 e. The predicted molar refractivity (Wildman–Crippen MR) is 84.4 cm³/mol. The van der Waals surface area contributed by atoms with Crippen LogP contribution >= 0.6 is 0 Å². The first-order valence-electron chi connectivity index (χ1n) is 7.22. The number of rotatable bonds is 10. The van der Waals surface area contributed by atoms with Crippen LogP contribution in [0.25, 0.3) is 0 Å². The maximum Gasteiger partial charge on any atom is 0.125 e. The summed E-state index contributed by atoms with van der Waals surface area (Å²) >= 11 is 0. The van der Waals surface area contributed by atoms with E-state index in [0.29, 0.717) is 0 Å². The Balaban J connectivity index is 2.54. The van der Waals surface area contributed by atoms with E-state index in [2.05, 4.69) is 37.9 Å². The number of hydrogen-bond acceptors (Lipinski definition) is 3. The van der Waals surface area contributed by atoms with Gasteiger partial charge in [-0.2, -0.15) is 0 Å². The van der Waals surface area contributed by atoms with E-state index in [4.69, 9.17) is 9.47 Å². The highest BCUT2D eigenvalue weighted by Crippen LogP contribution is 2.25. The van der Waals surface area contributed by atoms with Gasteiger partial charge in [-0.25, -0.2) is 0 Å². The van der Waals surface area contributed by atoms with Crippen LogP contribution < -0.4 is 10.1 Å². The molecule has 112 valence electrons. The summed E-state index contributed by atoms with van der Waals surface area (Å²) in [6.07, 6.45) is 3.94. The summed E-state index contributed by atoms with van der Waals surface area (Å²) < 4.78 is 10.9. The summed E-state index contributed by atoms with van der Waals surface area (Å²) in [6, 6.07) is 4.38. The minimum atomic E-state index is 0.739. The molecule has 1 aromatic carbocycles. The maximum atomic E-state index is 5.88. The van der Waals surface area contributed by atoms with Crippen LogP contribution in [0.1, 0.15) is 29.5 Å². The molecule has 0 bridgehead atoms. The molecule has 0 saturated carbocycles. The van der Waals surface area contributed by atoms with E-state index in [1.54, 1.807) is 7.11 Å². The minimum absolute atomic E-state index is 0.739. The van der Waals surface area contributed by atoms with E-state index in [9.17, 15) is 0 Å². The molecule has 1 N–H and O–H groups in total. The van der Waals surface area contributed by atoms with Crippen molar-refractivity contribution in [1.29, 1.82) is 0 Å². The van der Waals surface area contributed by atoms with Crippen LogP contribution in [0.15, 0.2) is 24.8 Å². The van der Waals surface area contributed by atoms with E-state index >= 15 is 0 Å². The van der Waals surface area contributed by atoms with Gasteiger partial charge in [0, 0.05) is 20.2 Å². The molecule has 1 rings (SSSR count). The molecule has 0 radical (unpaired) electrons. The molecule has 1 aromatic rings. The van der Waals surface area contributed by atoms with Gasteiger partial charge in [0.25, 0.3) is 0 Å². The van der Waals surface area contributed by atoms with Crippen LogP contribution in [0.2, 0.25) is 0 Å². The Morgan fingerprint density at radius 1 is 1.20 bits per heavy atom. The average Bonchev–Trinajstić information content (AvgIpc) is 2.42. The molecule has 3 nitrogen and oxygen atoms in total. The van der Waals surface area contributed by atoms with Gasteiger partial charge in [-0.1, -0.05) is 18.2 Å². The third-order valence-corrected chi connectivity index (χ3v) is 3.13. The molecule has 0 aliphatic rings. The lowest BCUT2D eigenvalue weighted by Crippen LogP contribution is -2.18. The number of unbranched alkanes of at least 4 members (excludes halogenated alkanes) is 1. The van der Waals surface area contributed by atoms with Gasteiger partial charge in [0.2, 0.25) is 0 Å². The van der Waals surface area contributed by atoms with E-state index in [1.807, 2.05) is 6.08 Å². The highest BCUT2D eigenvalue weighted by atomic mass is 16.5. The lowest BCUT2D eigenvalue weighted by Gasteiger charge is -2.14. The zero-order valence-electron chi connectivity index (χ0n) is 13.0. The molecule has 20 heavy (non-hydrogen) atoms. The standard InChI is InChI=1S/C17H27NO2/c1-5-6-7-9-20-17-14(2)11-16(12-15(17)3)13-18-8-10-19-4/h5,11-12,18H,1,6-10,13H2,2-4H3. The van der Waals surface area contributed by atoms with Crippen LogP contribution in [0.4, 0.5) is 0 Å². The molecule has 0 unspecified atom stereocenters. The van der Waals surface area contributed by atoms with Crippen LogP contribution in [-0.4, -0.2) is 26.9 Å². The zero-order valence-corrected chi connectivity index (χ0v) is 13.0. The quantitative estimate of drug-likeness (QED) is 0.525. The fourth-order valence-electron chi connectivity index (χ4n) is 2.18. The summed E-state index contributed by atoms with van der Waals surface area (Å²) in [4.78, 5) is 0. The van der Waals surface area contributed by atoms with Crippen molar-refractivity contribution in [3.8, 4) is 5.75 Å². The molecule has 0 aliphatic heterocycles. The summed E-state index contributed by atoms with van der Waals surface area (Å²) in [5, 5.41) is 3.36. The van der Waals surface area contributed by atoms with Gasteiger partial charge >= 0.3 is 0 Å². The number of hydrogen-bond donors (Lipinski definition) is 1. The first-order chi connectivity index (χ1) is 9.69. The Hall–Kier alpha value is -1.32.